The van der Waals surface area contributed by atoms with E-state index >= 15 is 0 Å². The van der Waals surface area contributed by atoms with Crippen LogP contribution >= 0.6 is 0 Å². The fourth-order valence-electron chi connectivity index (χ4n) is 1.76. The summed E-state index contributed by atoms with van der Waals surface area (Å²) in [6.45, 7) is 3.76. The highest BCUT2D eigenvalue weighted by molar-refractivity contribution is 7.92. The normalized spacial score (nSPS) is 11.5. The summed E-state index contributed by atoms with van der Waals surface area (Å²) in [6.07, 6.45) is 1.39. The molecule has 7 nitrogen and oxygen atoms in total. The lowest BCUT2D eigenvalue weighted by molar-refractivity contribution is 0.595. The lowest BCUT2D eigenvalue weighted by atomic mass is 10.2. The van der Waals surface area contributed by atoms with Gasteiger partial charge in [0.25, 0.3) is 10.0 Å². The Morgan fingerprint density at radius 1 is 1.37 bits per heavy atom. The molecule has 0 saturated carbocycles. The SMILES string of the molecule is Cc1cc(C)nc(NS(=O)(=O)c2[nH]ncc2CN)c1. The Morgan fingerprint density at radius 2 is 2.11 bits per heavy atom. The average Bonchev–Trinajstić information content (AvgIpc) is 2.75. The largest absolute Gasteiger partial charge is 0.326 e. The zero-order valence-corrected chi connectivity index (χ0v) is 11.5. The van der Waals surface area contributed by atoms with Gasteiger partial charge in [0.2, 0.25) is 0 Å². The predicted molar refractivity (Wildman–Crippen MR) is 71.0 cm³/mol. The minimum Gasteiger partial charge on any atom is -0.326 e. The van der Waals surface area contributed by atoms with Crippen LogP contribution < -0.4 is 10.5 Å². The van der Waals surface area contributed by atoms with Gasteiger partial charge in [0.05, 0.1) is 6.20 Å². The van der Waals surface area contributed by atoms with Gasteiger partial charge in [0, 0.05) is 17.8 Å². The first-order chi connectivity index (χ1) is 8.92. The second-order valence-corrected chi connectivity index (χ2v) is 5.82. The van der Waals surface area contributed by atoms with E-state index in [4.69, 9.17) is 5.73 Å². The van der Waals surface area contributed by atoms with Crippen LogP contribution in [0.25, 0.3) is 0 Å². The summed E-state index contributed by atoms with van der Waals surface area (Å²) >= 11 is 0. The molecule has 0 aromatic carbocycles. The molecular formula is C11H15N5O2S. The van der Waals surface area contributed by atoms with Gasteiger partial charge in [-0.2, -0.15) is 13.5 Å². The summed E-state index contributed by atoms with van der Waals surface area (Å²) in [5.41, 5.74) is 7.56. The van der Waals surface area contributed by atoms with Crippen LogP contribution in [0.5, 0.6) is 0 Å². The van der Waals surface area contributed by atoms with Crippen LogP contribution in [-0.2, 0) is 16.6 Å². The quantitative estimate of drug-likeness (QED) is 0.762. The van der Waals surface area contributed by atoms with Crippen LogP contribution in [-0.4, -0.2) is 23.6 Å². The number of aromatic nitrogens is 3. The fraction of sp³-hybridized carbons (Fsp3) is 0.273. The lowest BCUT2D eigenvalue weighted by Gasteiger charge is -2.08. The third-order valence-corrected chi connectivity index (χ3v) is 3.87. The third kappa shape index (κ3) is 2.91. The van der Waals surface area contributed by atoms with Gasteiger partial charge in [-0.3, -0.25) is 9.82 Å². The Labute approximate surface area is 111 Å². The zero-order valence-electron chi connectivity index (χ0n) is 10.6. The van der Waals surface area contributed by atoms with Crippen LogP contribution in [0.15, 0.2) is 23.4 Å². The molecule has 0 aliphatic carbocycles. The second-order valence-electron chi connectivity index (χ2n) is 4.21. The number of hydrogen-bond donors (Lipinski definition) is 3. The molecule has 0 unspecified atom stereocenters. The van der Waals surface area contributed by atoms with E-state index in [2.05, 4.69) is 19.9 Å². The number of aromatic amines is 1. The Bertz CT molecular complexity index is 673. The monoisotopic (exact) mass is 281 g/mol. The van der Waals surface area contributed by atoms with Crippen molar-refractivity contribution in [3.05, 3.63) is 35.2 Å². The molecule has 2 rings (SSSR count). The van der Waals surface area contributed by atoms with Gasteiger partial charge in [0.1, 0.15) is 5.82 Å². The molecule has 0 spiro atoms. The molecule has 0 bridgehead atoms. The average molecular weight is 281 g/mol. The van der Waals surface area contributed by atoms with Crippen molar-refractivity contribution in [1.82, 2.24) is 15.2 Å². The van der Waals surface area contributed by atoms with Crippen molar-refractivity contribution in [2.24, 2.45) is 5.73 Å². The predicted octanol–water partition coefficient (Wildman–Crippen LogP) is 0.681. The molecule has 0 amide bonds. The van der Waals surface area contributed by atoms with E-state index in [9.17, 15) is 8.42 Å². The van der Waals surface area contributed by atoms with Crippen molar-refractivity contribution in [2.75, 3.05) is 4.72 Å². The van der Waals surface area contributed by atoms with Crippen LogP contribution in [0.1, 0.15) is 16.8 Å². The van der Waals surface area contributed by atoms with E-state index < -0.39 is 10.0 Å². The fourth-order valence-corrected chi connectivity index (χ4v) is 2.90. The summed E-state index contributed by atoms with van der Waals surface area (Å²) in [6, 6.07) is 3.52. The highest BCUT2D eigenvalue weighted by Gasteiger charge is 2.20. The number of aryl methyl sites for hydroxylation is 2. The maximum absolute atomic E-state index is 12.2. The zero-order chi connectivity index (χ0) is 14.0. The number of nitrogens with one attached hydrogen (secondary N) is 2. The maximum Gasteiger partial charge on any atom is 0.280 e. The van der Waals surface area contributed by atoms with Gasteiger partial charge in [-0.05, 0) is 31.5 Å². The molecule has 0 aliphatic heterocycles. The van der Waals surface area contributed by atoms with Crippen molar-refractivity contribution in [1.29, 1.82) is 0 Å². The van der Waals surface area contributed by atoms with E-state index in [1.54, 1.807) is 13.0 Å². The molecular weight excluding hydrogens is 266 g/mol. The van der Waals surface area contributed by atoms with Gasteiger partial charge in [-0.25, -0.2) is 4.98 Å². The van der Waals surface area contributed by atoms with Crippen LogP contribution in [0.2, 0.25) is 0 Å². The van der Waals surface area contributed by atoms with E-state index in [-0.39, 0.29) is 17.4 Å². The number of H-pyrrole nitrogens is 1. The first kappa shape index (κ1) is 13.5. The molecule has 0 aliphatic rings. The molecule has 2 heterocycles. The highest BCUT2D eigenvalue weighted by Crippen LogP contribution is 2.17. The van der Waals surface area contributed by atoms with Crippen molar-refractivity contribution < 1.29 is 8.42 Å². The summed E-state index contributed by atoms with van der Waals surface area (Å²) in [5.74, 6) is 0.273. The van der Waals surface area contributed by atoms with Crippen LogP contribution in [0.3, 0.4) is 0 Å². The minimum atomic E-state index is -3.76. The Morgan fingerprint density at radius 3 is 2.74 bits per heavy atom. The summed E-state index contributed by atoms with van der Waals surface area (Å²) in [7, 11) is -3.76. The van der Waals surface area contributed by atoms with E-state index in [0.717, 1.165) is 11.3 Å². The van der Waals surface area contributed by atoms with Crippen molar-refractivity contribution in [2.45, 2.75) is 25.4 Å². The Balaban J connectivity index is 2.36. The maximum atomic E-state index is 12.2. The first-order valence-electron chi connectivity index (χ1n) is 5.63. The molecule has 4 N–H and O–H groups in total. The number of nitrogens with zero attached hydrogens (tertiary/aromatic N) is 2. The molecule has 19 heavy (non-hydrogen) atoms. The Kier molecular flexibility index (Phi) is 3.54. The van der Waals surface area contributed by atoms with Gasteiger partial charge in [0.15, 0.2) is 5.03 Å². The first-order valence-corrected chi connectivity index (χ1v) is 7.11. The summed E-state index contributed by atoms with van der Waals surface area (Å²) in [5, 5.41) is 6.10. The summed E-state index contributed by atoms with van der Waals surface area (Å²) < 4.78 is 26.8. The van der Waals surface area contributed by atoms with Crippen molar-refractivity contribution in [3.8, 4) is 0 Å². The van der Waals surface area contributed by atoms with Crippen LogP contribution in [0, 0.1) is 13.8 Å². The molecule has 0 fully saturated rings. The molecule has 2 aromatic rings. The van der Waals surface area contributed by atoms with E-state index in [1.165, 1.54) is 6.20 Å². The molecule has 0 radical (unpaired) electrons. The van der Waals surface area contributed by atoms with Gasteiger partial charge in [-0.1, -0.05) is 0 Å². The highest BCUT2D eigenvalue weighted by atomic mass is 32.2. The van der Waals surface area contributed by atoms with Gasteiger partial charge in [-0.15, -0.1) is 0 Å². The molecule has 2 aromatic heterocycles. The van der Waals surface area contributed by atoms with Crippen LogP contribution in [0.4, 0.5) is 5.82 Å². The smallest absolute Gasteiger partial charge is 0.280 e. The second kappa shape index (κ2) is 4.98. The van der Waals surface area contributed by atoms with E-state index in [1.807, 2.05) is 13.0 Å². The molecule has 102 valence electrons. The Hall–Kier alpha value is -1.93. The number of hydrogen-bond acceptors (Lipinski definition) is 5. The number of pyridine rings is 1. The molecule has 8 heteroatoms. The number of anilines is 1. The molecule has 0 atom stereocenters. The number of rotatable bonds is 4. The minimum absolute atomic E-state index is 0.0315. The van der Waals surface area contributed by atoms with Gasteiger partial charge >= 0.3 is 0 Å². The van der Waals surface area contributed by atoms with Crippen molar-refractivity contribution >= 4 is 15.8 Å². The standard InChI is InChI=1S/C11H15N5O2S/c1-7-3-8(2)14-10(4-7)16-19(17,18)11-9(5-12)6-13-15-11/h3-4,6H,5,12H2,1-2H3,(H,13,15)(H,14,16). The van der Waals surface area contributed by atoms with Gasteiger partial charge < -0.3 is 5.73 Å². The topological polar surface area (TPSA) is 114 Å². The number of sulfonamides is 1. The van der Waals surface area contributed by atoms with E-state index in [0.29, 0.717) is 5.56 Å². The van der Waals surface area contributed by atoms with Crippen molar-refractivity contribution in [3.63, 3.8) is 0 Å². The lowest BCUT2D eigenvalue weighted by Crippen LogP contribution is -2.17. The third-order valence-electron chi connectivity index (χ3n) is 2.50. The number of nitrogens with two attached hydrogens (primary N) is 1. The summed E-state index contributed by atoms with van der Waals surface area (Å²) in [4.78, 5) is 4.13. The molecule has 0 saturated heterocycles.